The number of anilines is 1. The largest absolute Gasteiger partial charge is 0.383 e. The minimum absolute atomic E-state index is 0.498. The first-order valence-electron chi connectivity index (χ1n) is 6.98. The molecule has 1 heterocycles. The van der Waals surface area contributed by atoms with Crippen molar-refractivity contribution >= 4 is 5.82 Å². The van der Waals surface area contributed by atoms with Gasteiger partial charge in [-0.2, -0.15) is 5.10 Å². The van der Waals surface area contributed by atoms with Crippen LogP contribution < -0.4 is 5.73 Å². The van der Waals surface area contributed by atoms with Crippen molar-refractivity contribution < 1.29 is 0 Å². The van der Waals surface area contributed by atoms with Gasteiger partial charge >= 0.3 is 0 Å². The molecule has 1 aliphatic carbocycles. The van der Waals surface area contributed by atoms with Crippen LogP contribution in [0, 0.1) is 12.8 Å². The molecule has 0 bridgehead atoms. The lowest BCUT2D eigenvalue weighted by atomic mass is 9.92. The zero-order valence-electron chi connectivity index (χ0n) is 11.9. The molecule has 2 N–H and O–H groups in total. The van der Waals surface area contributed by atoms with Crippen molar-refractivity contribution in [2.45, 2.75) is 32.6 Å². The molecule has 19 heavy (non-hydrogen) atoms. The Labute approximate surface area is 114 Å². The highest BCUT2D eigenvalue weighted by Crippen LogP contribution is 2.46. The Balaban J connectivity index is 2.16. The van der Waals surface area contributed by atoms with Crippen molar-refractivity contribution in [3.63, 3.8) is 0 Å². The molecule has 0 saturated heterocycles. The lowest BCUT2D eigenvalue weighted by Crippen LogP contribution is -2.00. The van der Waals surface area contributed by atoms with Crippen LogP contribution in [0.5, 0.6) is 0 Å². The highest BCUT2D eigenvalue weighted by molar-refractivity contribution is 5.79. The van der Waals surface area contributed by atoms with Crippen LogP contribution in [0.4, 0.5) is 5.82 Å². The summed E-state index contributed by atoms with van der Waals surface area (Å²) in [6.07, 6.45) is 2.65. The van der Waals surface area contributed by atoms with Gasteiger partial charge in [0.2, 0.25) is 0 Å². The molecular weight excluding hydrogens is 234 g/mol. The average Bonchev–Trinajstić information content (AvgIpc) is 3.19. The molecule has 1 aliphatic rings. The highest BCUT2D eigenvalue weighted by Gasteiger charge is 2.33. The van der Waals surface area contributed by atoms with Crippen LogP contribution in [0.15, 0.2) is 24.3 Å². The summed E-state index contributed by atoms with van der Waals surface area (Å²) in [5.74, 6) is 2.06. The summed E-state index contributed by atoms with van der Waals surface area (Å²) in [5, 5.41) is 4.68. The van der Waals surface area contributed by atoms with Gasteiger partial charge in [0.15, 0.2) is 0 Å². The minimum Gasteiger partial charge on any atom is -0.383 e. The van der Waals surface area contributed by atoms with Crippen LogP contribution in [0.3, 0.4) is 0 Å². The van der Waals surface area contributed by atoms with Crippen molar-refractivity contribution in [2.75, 3.05) is 5.73 Å². The quantitative estimate of drug-likeness (QED) is 0.912. The maximum absolute atomic E-state index is 6.26. The van der Waals surface area contributed by atoms with E-state index in [1.54, 1.807) is 0 Å². The van der Waals surface area contributed by atoms with E-state index in [9.17, 15) is 0 Å². The number of nitrogens with zero attached hydrogens (tertiary/aromatic N) is 2. The van der Waals surface area contributed by atoms with E-state index in [0.29, 0.717) is 5.92 Å². The normalized spacial score (nSPS) is 16.6. The molecule has 2 aromatic rings. The maximum Gasteiger partial charge on any atom is 0.129 e. The van der Waals surface area contributed by atoms with Gasteiger partial charge < -0.3 is 5.73 Å². The first-order chi connectivity index (χ1) is 9.09. The summed E-state index contributed by atoms with van der Waals surface area (Å²) in [6.45, 7) is 4.41. The SMILES string of the molecule is Cc1ccccc1-c1c(C(C)C2CC2)nn(C)c1N. The molecule has 3 heteroatoms. The molecular formula is C16H21N3. The van der Waals surface area contributed by atoms with E-state index in [4.69, 9.17) is 5.73 Å². The van der Waals surface area contributed by atoms with E-state index >= 15 is 0 Å². The fourth-order valence-corrected chi connectivity index (χ4v) is 2.83. The summed E-state index contributed by atoms with van der Waals surface area (Å²) in [7, 11) is 1.93. The number of benzene rings is 1. The second kappa shape index (κ2) is 4.41. The van der Waals surface area contributed by atoms with Gasteiger partial charge in [-0.3, -0.25) is 4.68 Å². The van der Waals surface area contributed by atoms with Crippen LogP contribution in [-0.4, -0.2) is 9.78 Å². The first kappa shape index (κ1) is 12.3. The van der Waals surface area contributed by atoms with E-state index in [0.717, 1.165) is 23.0 Å². The number of hydrogen-bond donors (Lipinski definition) is 1. The Hall–Kier alpha value is -1.77. The van der Waals surface area contributed by atoms with Gasteiger partial charge in [-0.15, -0.1) is 0 Å². The highest BCUT2D eigenvalue weighted by atomic mass is 15.3. The number of nitrogens with two attached hydrogens (primary N) is 1. The average molecular weight is 255 g/mol. The summed E-state index contributed by atoms with van der Waals surface area (Å²) in [4.78, 5) is 0. The van der Waals surface area contributed by atoms with Gasteiger partial charge in [0.1, 0.15) is 5.82 Å². The monoisotopic (exact) mass is 255 g/mol. The van der Waals surface area contributed by atoms with E-state index in [2.05, 4.69) is 43.2 Å². The Kier molecular flexibility index (Phi) is 2.85. The fraction of sp³-hybridized carbons (Fsp3) is 0.438. The lowest BCUT2D eigenvalue weighted by Gasteiger charge is -2.12. The molecule has 1 fully saturated rings. The molecule has 0 spiro atoms. The van der Waals surface area contributed by atoms with E-state index in [1.807, 2.05) is 11.7 Å². The van der Waals surface area contributed by atoms with E-state index in [-0.39, 0.29) is 0 Å². The Morgan fingerprint density at radius 1 is 1.32 bits per heavy atom. The molecule has 1 saturated carbocycles. The molecule has 3 nitrogen and oxygen atoms in total. The van der Waals surface area contributed by atoms with Gasteiger partial charge in [0, 0.05) is 18.5 Å². The van der Waals surface area contributed by atoms with E-state index in [1.165, 1.54) is 24.0 Å². The summed E-state index contributed by atoms with van der Waals surface area (Å²) in [6, 6.07) is 8.41. The first-order valence-corrected chi connectivity index (χ1v) is 6.98. The Morgan fingerprint density at radius 2 is 2.00 bits per heavy atom. The molecule has 1 aromatic heterocycles. The van der Waals surface area contributed by atoms with Gasteiger partial charge in [0.05, 0.1) is 5.69 Å². The molecule has 0 amide bonds. The van der Waals surface area contributed by atoms with Crippen LogP contribution >= 0.6 is 0 Å². The van der Waals surface area contributed by atoms with Crippen LogP contribution in [-0.2, 0) is 7.05 Å². The van der Waals surface area contributed by atoms with Crippen molar-refractivity contribution in [1.29, 1.82) is 0 Å². The predicted molar refractivity (Wildman–Crippen MR) is 78.9 cm³/mol. The second-order valence-electron chi connectivity index (χ2n) is 5.71. The van der Waals surface area contributed by atoms with E-state index < -0.39 is 0 Å². The topological polar surface area (TPSA) is 43.8 Å². The third-order valence-corrected chi connectivity index (χ3v) is 4.29. The summed E-state index contributed by atoms with van der Waals surface area (Å²) in [5.41, 5.74) is 11.0. The summed E-state index contributed by atoms with van der Waals surface area (Å²) < 4.78 is 1.82. The third kappa shape index (κ3) is 2.03. The number of aromatic nitrogens is 2. The molecule has 3 rings (SSSR count). The fourth-order valence-electron chi connectivity index (χ4n) is 2.83. The number of hydrogen-bond acceptors (Lipinski definition) is 2. The maximum atomic E-state index is 6.26. The number of nitrogen functional groups attached to an aromatic ring is 1. The zero-order chi connectivity index (χ0) is 13.6. The van der Waals surface area contributed by atoms with Gasteiger partial charge in [-0.1, -0.05) is 31.2 Å². The molecule has 1 aromatic carbocycles. The van der Waals surface area contributed by atoms with Crippen molar-refractivity contribution in [1.82, 2.24) is 9.78 Å². The minimum atomic E-state index is 0.498. The van der Waals surface area contributed by atoms with Crippen molar-refractivity contribution in [3.8, 4) is 11.1 Å². The smallest absolute Gasteiger partial charge is 0.129 e. The van der Waals surface area contributed by atoms with Gasteiger partial charge in [-0.25, -0.2) is 0 Å². The predicted octanol–water partition coefficient (Wildman–Crippen LogP) is 3.49. The molecule has 0 aliphatic heterocycles. The molecule has 0 radical (unpaired) electrons. The van der Waals surface area contributed by atoms with Crippen LogP contribution in [0.1, 0.15) is 36.9 Å². The molecule has 100 valence electrons. The number of aryl methyl sites for hydroxylation is 2. The lowest BCUT2D eigenvalue weighted by molar-refractivity contribution is 0.622. The standard InChI is InChI=1S/C16H21N3/c1-10-6-4-5-7-13(10)14-15(11(2)12-8-9-12)18-19(3)16(14)17/h4-7,11-12H,8-9,17H2,1-3H3. The van der Waals surface area contributed by atoms with Crippen LogP contribution in [0.2, 0.25) is 0 Å². The molecule has 1 unspecified atom stereocenters. The Bertz CT molecular complexity index is 608. The second-order valence-corrected chi connectivity index (χ2v) is 5.71. The third-order valence-electron chi connectivity index (χ3n) is 4.29. The summed E-state index contributed by atoms with van der Waals surface area (Å²) >= 11 is 0. The van der Waals surface area contributed by atoms with Crippen molar-refractivity contribution in [3.05, 3.63) is 35.5 Å². The van der Waals surface area contributed by atoms with Gasteiger partial charge in [0.25, 0.3) is 0 Å². The zero-order valence-corrected chi connectivity index (χ0v) is 11.9. The molecule has 1 atom stereocenters. The van der Waals surface area contributed by atoms with Gasteiger partial charge in [-0.05, 0) is 36.8 Å². The van der Waals surface area contributed by atoms with Crippen molar-refractivity contribution in [2.24, 2.45) is 13.0 Å². The van der Waals surface area contributed by atoms with Crippen LogP contribution in [0.25, 0.3) is 11.1 Å². The number of rotatable bonds is 3. The Morgan fingerprint density at radius 3 is 2.63 bits per heavy atom.